The second-order valence-electron chi connectivity index (χ2n) is 7.67. The predicted molar refractivity (Wildman–Crippen MR) is 97.5 cm³/mol. The molecule has 0 bridgehead atoms. The summed E-state index contributed by atoms with van der Waals surface area (Å²) in [5, 5.41) is 3.52. The summed E-state index contributed by atoms with van der Waals surface area (Å²) in [6, 6.07) is 0.643. The first-order valence-electron chi connectivity index (χ1n) is 9.04. The monoisotopic (exact) mass is 363 g/mol. The fourth-order valence-electron chi connectivity index (χ4n) is 5.32. The van der Waals surface area contributed by atoms with Crippen LogP contribution in [0.1, 0.15) is 44.9 Å². The normalized spacial score (nSPS) is 37.1. The second kappa shape index (κ2) is 7.90. The van der Waals surface area contributed by atoms with Gasteiger partial charge < -0.3 is 10.2 Å². The molecule has 6 heteroatoms. The third-order valence-corrected chi connectivity index (χ3v) is 6.59. The van der Waals surface area contributed by atoms with Crippen molar-refractivity contribution in [2.24, 2.45) is 11.3 Å². The lowest BCUT2D eigenvalue weighted by Gasteiger charge is -2.47. The van der Waals surface area contributed by atoms with Gasteiger partial charge in [0.2, 0.25) is 5.91 Å². The summed E-state index contributed by atoms with van der Waals surface area (Å²) in [7, 11) is 0. The molecule has 4 nitrogen and oxygen atoms in total. The first-order chi connectivity index (χ1) is 10.3. The molecule has 1 N–H and O–H groups in total. The Balaban J connectivity index is 0.000000960. The summed E-state index contributed by atoms with van der Waals surface area (Å²) in [5.41, 5.74) is -0.0465. The summed E-state index contributed by atoms with van der Waals surface area (Å²) >= 11 is 0. The molecule has 4 rings (SSSR count). The average molecular weight is 364 g/mol. The van der Waals surface area contributed by atoms with Crippen LogP contribution in [0.3, 0.4) is 0 Å². The van der Waals surface area contributed by atoms with E-state index in [9.17, 15) is 4.79 Å². The summed E-state index contributed by atoms with van der Waals surface area (Å²) in [5.74, 6) is 1.09. The maximum Gasteiger partial charge on any atom is 0.230 e. The highest BCUT2D eigenvalue weighted by Gasteiger charge is 2.52. The van der Waals surface area contributed by atoms with Crippen LogP contribution in [0.15, 0.2) is 0 Å². The van der Waals surface area contributed by atoms with E-state index in [-0.39, 0.29) is 30.2 Å². The number of piperidine rings is 1. The fourth-order valence-corrected chi connectivity index (χ4v) is 5.32. The van der Waals surface area contributed by atoms with Gasteiger partial charge in [-0.3, -0.25) is 9.69 Å². The van der Waals surface area contributed by atoms with E-state index >= 15 is 0 Å². The van der Waals surface area contributed by atoms with Crippen LogP contribution in [-0.2, 0) is 4.79 Å². The van der Waals surface area contributed by atoms with Gasteiger partial charge in [-0.15, -0.1) is 24.8 Å². The number of hydrogen-bond donors (Lipinski definition) is 1. The Bertz CT molecular complexity index is 423. The molecule has 0 aromatic heterocycles. The molecular formula is C17H31Cl2N3O. The number of nitrogens with one attached hydrogen (secondary N) is 1. The molecule has 0 spiro atoms. The number of nitrogens with zero attached hydrogens (tertiary/aromatic N) is 2. The van der Waals surface area contributed by atoms with E-state index in [1.54, 1.807) is 0 Å². The third kappa shape index (κ3) is 3.37. The zero-order valence-corrected chi connectivity index (χ0v) is 15.6. The Morgan fingerprint density at radius 2 is 1.83 bits per heavy atom. The first kappa shape index (κ1) is 19.3. The highest BCUT2D eigenvalue weighted by atomic mass is 35.5. The summed E-state index contributed by atoms with van der Waals surface area (Å²) in [6.45, 7) is 6.31. The molecule has 0 aromatic rings. The van der Waals surface area contributed by atoms with E-state index in [2.05, 4.69) is 15.1 Å². The molecular weight excluding hydrogens is 333 g/mol. The van der Waals surface area contributed by atoms with Crippen molar-refractivity contribution in [1.29, 1.82) is 0 Å². The highest BCUT2D eigenvalue weighted by Crippen LogP contribution is 2.45. The molecule has 1 saturated carbocycles. The molecule has 0 radical (unpaired) electrons. The smallest absolute Gasteiger partial charge is 0.230 e. The van der Waals surface area contributed by atoms with Gasteiger partial charge in [-0.25, -0.2) is 0 Å². The largest absolute Gasteiger partial charge is 0.339 e. The Labute approximate surface area is 152 Å². The number of rotatable bonds is 1. The van der Waals surface area contributed by atoms with Crippen molar-refractivity contribution >= 4 is 30.7 Å². The van der Waals surface area contributed by atoms with Crippen LogP contribution in [0.2, 0.25) is 0 Å². The molecule has 3 atom stereocenters. The van der Waals surface area contributed by atoms with Gasteiger partial charge in [0.1, 0.15) is 0 Å². The molecule has 3 aliphatic heterocycles. The first-order valence-corrected chi connectivity index (χ1v) is 9.04. The Morgan fingerprint density at radius 3 is 2.70 bits per heavy atom. The minimum Gasteiger partial charge on any atom is -0.339 e. The van der Waals surface area contributed by atoms with Crippen molar-refractivity contribution in [3.05, 3.63) is 0 Å². The summed E-state index contributed by atoms with van der Waals surface area (Å²) in [6.07, 6.45) is 8.92. The van der Waals surface area contributed by atoms with Gasteiger partial charge in [0.05, 0.1) is 5.41 Å². The lowest BCUT2D eigenvalue weighted by atomic mass is 9.67. The molecule has 23 heavy (non-hydrogen) atoms. The third-order valence-electron chi connectivity index (χ3n) is 6.59. The van der Waals surface area contributed by atoms with Gasteiger partial charge in [-0.2, -0.15) is 0 Å². The molecule has 4 fully saturated rings. The van der Waals surface area contributed by atoms with E-state index in [1.807, 2.05) is 0 Å². The van der Waals surface area contributed by atoms with Crippen LogP contribution >= 0.6 is 24.8 Å². The van der Waals surface area contributed by atoms with Crippen molar-refractivity contribution in [1.82, 2.24) is 15.1 Å². The van der Waals surface area contributed by atoms with Crippen molar-refractivity contribution in [2.75, 3.05) is 39.3 Å². The molecule has 1 unspecified atom stereocenters. The van der Waals surface area contributed by atoms with Crippen LogP contribution in [0.5, 0.6) is 0 Å². The van der Waals surface area contributed by atoms with Crippen molar-refractivity contribution in [3.63, 3.8) is 0 Å². The van der Waals surface area contributed by atoms with E-state index < -0.39 is 0 Å². The van der Waals surface area contributed by atoms with Crippen LogP contribution in [0.25, 0.3) is 0 Å². The lowest BCUT2D eigenvalue weighted by molar-refractivity contribution is -0.149. The number of hydrogen-bond acceptors (Lipinski definition) is 3. The maximum atomic E-state index is 13.3. The molecule has 0 aromatic carbocycles. The van der Waals surface area contributed by atoms with E-state index in [0.29, 0.717) is 17.9 Å². The number of halogens is 2. The highest BCUT2D eigenvalue weighted by molar-refractivity contribution is 5.85. The van der Waals surface area contributed by atoms with Crippen LogP contribution < -0.4 is 5.32 Å². The Hall–Kier alpha value is -0.0300. The number of piperazine rings is 1. The SMILES string of the molecule is Cl.Cl.O=C(N1CCN2CCCCC2C1)[C@@]12CCCC[C@H]1CNC2. The average Bonchev–Trinajstić information content (AvgIpc) is 2.99. The minimum atomic E-state index is -0.0465. The van der Waals surface area contributed by atoms with Crippen LogP contribution in [0.4, 0.5) is 0 Å². The molecule has 3 saturated heterocycles. The number of carbonyl (C=O) groups is 1. The number of amides is 1. The molecule has 134 valence electrons. The van der Waals surface area contributed by atoms with Crippen molar-refractivity contribution < 1.29 is 4.79 Å². The van der Waals surface area contributed by atoms with Crippen LogP contribution in [-0.4, -0.2) is 61.0 Å². The minimum absolute atomic E-state index is 0. The zero-order chi connectivity index (χ0) is 14.3. The quantitative estimate of drug-likeness (QED) is 0.776. The summed E-state index contributed by atoms with van der Waals surface area (Å²) in [4.78, 5) is 18.2. The van der Waals surface area contributed by atoms with Gasteiger partial charge in [0.15, 0.2) is 0 Å². The molecule has 3 heterocycles. The van der Waals surface area contributed by atoms with Gasteiger partial charge >= 0.3 is 0 Å². The van der Waals surface area contributed by atoms with Crippen LogP contribution in [0, 0.1) is 11.3 Å². The van der Waals surface area contributed by atoms with E-state index in [0.717, 1.165) is 39.1 Å². The topological polar surface area (TPSA) is 35.6 Å². The molecule has 1 amide bonds. The van der Waals surface area contributed by atoms with Crippen molar-refractivity contribution in [3.8, 4) is 0 Å². The Morgan fingerprint density at radius 1 is 1.00 bits per heavy atom. The zero-order valence-electron chi connectivity index (χ0n) is 14.0. The fraction of sp³-hybridized carbons (Fsp3) is 0.941. The number of carbonyl (C=O) groups excluding carboxylic acids is 1. The van der Waals surface area contributed by atoms with E-state index in [4.69, 9.17) is 0 Å². The van der Waals surface area contributed by atoms with Gasteiger partial charge in [0, 0.05) is 32.2 Å². The van der Waals surface area contributed by atoms with Gasteiger partial charge in [0.25, 0.3) is 0 Å². The van der Waals surface area contributed by atoms with E-state index in [1.165, 1.54) is 45.1 Å². The predicted octanol–water partition coefficient (Wildman–Crippen LogP) is 2.31. The molecule has 4 aliphatic rings. The van der Waals surface area contributed by atoms with Gasteiger partial charge in [-0.1, -0.05) is 19.3 Å². The standard InChI is InChI=1S/C17H29N3O.2ClH/c21-16(17-7-3-1-5-14(17)11-18-13-17)20-10-9-19-8-4-2-6-15(19)12-20;;/h14-15,18H,1-13H2;2*1H/t14-,15?,17+;;/m0../s1. The summed E-state index contributed by atoms with van der Waals surface area (Å²) < 4.78 is 0. The van der Waals surface area contributed by atoms with Crippen molar-refractivity contribution in [2.45, 2.75) is 51.0 Å². The Kier molecular flexibility index (Phi) is 6.63. The number of fused-ring (bicyclic) bond motifs is 2. The molecule has 1 aliphatic carbocycles. The maximum absolute atomic E-state index is 13.3. The lowest BCUT2D eigenvalue weighted by Crippen LogP contribution is -2.60. The second-order valence-corrected chi connectivity index (χ2v) is 7.67. The van der Waals surface area contributed by atoms with Gasteiger partial charge in [-0.05, 0) is 44.7 Å².